The highest BCUT2D eigenvalue weighted by Gasteiger charge is 2.31. The lowest BCUT2D eigenvalue weighted by atomic mass is 10.0. The number of fused-ring (bicyclic) bond motifs is 1. The SMILES string of the molecule is COC(=O)c1ccc(/C=C2\Oc3cc(OC(=O)COc4c(F)c(F)c(F)c(F)c4F)cc(C)c3C2=O)cc1. The number of carbonyl (C=O) groups is 3. The number of Topliss-reactive ketones (excluding diaryl/α,β-unsaturated/α-hetero) is 1. The third-order valence-electron chi connectivity index (χ3n) is 5.31. The second-order valence-corrected chi connectivity index (χ2v) is 7.83. The number of methoxy groups -OCH3 is 1. The van der Waals surface area contributed by atoms with Crippen molar-refractivity contribution < 1.29 is 55.3 Å². The van der Waals surface area contributed by atoms with E-state index in [1.54, 1.807) is 12.1 Å². The van der Waals surface area contributed by atoms with Crippen molar-refractivity contribution in [2.45, 2.75) is 6.92 Å². The summed E-state index contributed by atoms with van der Waals surface area (Å²) in [6, 6.07) is 8.67. The summed E-state index contributed by atoms with van der Waals surface area (Å²) in [7, 11) is 1.24. The van der Waals surface area contributed by atoms with E-state index < -0.39 is 59.2 Å². The van der Waals surface area contributed by atoms with Gasteiger partial charge in [-0.25, -0.2) is 22.8 Å². The molecule has 0 N–H and O–H groups in total. The minimum absolute atomic E-state index is 0.0490. The quantitative estimate of drug-likeness (QED) is 0.109. The van der Waals surface area contributed by atoms with Crippen molar-refractivity contribution >= 4 is 23.8 Å². The maximum absolute atomic E-state index is 13.7. The van der Waals surface area contributed by atoms with Gasteiger partial charge in [-0.1, -0.05) is 12.1 Å². The molecular formula is C26H15F5O7. The van der Waals surface area contributed by atoms with Crippen LogP contribution in [-0.2, 0) is 9.53 Å². The van der Waals surface area contributed by atoms with Gasteiger partial charge in [0, 0.05) is 6.07 Å². The molecule has 0 saturated carbocycles. The highest BCUT2D eigenvalue weighted by Crippen LogP contribution is 2.37. The molecule has 3 aromatic carbocycles. The van der Waals surface area contributed by atoms with E-state index in [4.69, 9.17) is 9.47 Å². The predicted octanol–water partition coefficient (Wildman–Crippen LogP) is 5.08. The fraction of sp³-hybridized carbons (Fsp3) is 0.115. The van der Waals surface area contributed by atoms with Crippen LogP contribution in [0.4, 0.5) is 22.0 Å². The lowest BCUT2D eigenvalue weighted by Crippen LogP contribution is -2.19. The predicted molar refractivity (Wildman–Crippen MR) is 119 cm³/mol. The largest absolute Gasteiger partial charge is 0.476 e. The van der Waals surface area contributed by atoms with Crippen LogP contribution in [0.1, 0.15) is 31.8 Å². The molecule has 1 heterocycles. The average Bonchev–Trinajstić information content (AvgIpc) is 3.21. The second-order valence-electron chi connectivity index (χ2n) is 7.83. The summed E-state index contributed by atoms with van der Waals surface area (Å²) in [5.41, 5.74) is 1.41. The molecule has 0 radical (unpaired) electrons. The molecule has 0 fully saturated rings. The molecular weight excluding hydrogens is 519 g/mol. The fourth-order valence-corrected chi connectivity index (χ4v) is 3.52. The molecule has 3 aromatic rings. The van der Waals surface area contributed by atoms with Crippen LogP contribution in [0.15, 0.2) is 42.2 Å². The van der Waals surface area contributed by atoms with Gasteiger partial charge in [0.25, 0.3) is 0 Å². The monoisotopic (exact) mass is 534 g/mol. The molecule has 12 heteroatoms. The summed E-state index contributed by atoms with van der Waals surface area (Å²) in [4.78, 5) is 36.5. The number of rotatable bonds is 6. The Morgan fingerprint density at radius 3 is 2.13 bits per heavy atom. The van der Waals surface area contributed by atoms with E-state index >= 15 is 0 Å². The van der Waals surface area contributed by atoms with Crippen molar-refractivity contribution in [2.24, 2.45) is 0 Å². The molecule has 1 aliphatic rings. The summed E-state index contributed by atoms with van der Waals surface area (Å²) in [6.45, 7) is 0.345. The third kappa shape index (κ3) is 4.92. The van der Waals surface area contributed by atoms with E-state index in [9.17, 15) is 36.3 Å². The van der Waals surface area contributed by atoms with Gasteiger partial charge in [-0.05, 0) is 42.3 Å². The fourth-order valence-electron chi connectivity index (χ4n) is 3.52. The van der Waals surface area contributed by atoms with Gasteiger partial charge in [0.05, 0.1) is 18.2 Å². The number of aryl methyl sites for hydroxylation is 1. The van der Waals surface area contributed by atoms with E-state index in [1.165, 1.54) is 44.4 Å². The standard InChI is InChI=1S/C26H15F5O7/c1-11-7-14(37-17(32)10-36-25-22(30)20(28)19(27)21(29)23(25)31)9-15-18(11)24(33)16(38-15)8-12-3-5-13(6-4-12)26(34)35-2/h3-9H,10H2,1-2H3/b16-8-. The zero-order chi connectivity index (χ0) is 27.7. The van der Waals surface area contributed by atoms with Crippen LogP contribution in [0, 0.1) is 36.0 Å². The lowest BCUT2D eigenvalue weighted by molar-refractivity contribution is -0.136. The number of esters is 2. The van der Waals surface area contributed by atoms with E-state index in [0.29, 0.717) is 16.7 Å². The lowest BCUT2D eigenvalue weighted by Gasteiger charge is -2.11. The molecule has 7 nitrogen and oxygen atoms in total. The molecule has 0 saturated heterocycles. The van der Waals surface area contributed by atoms with Crippen molar-refractivity contribution in [2.75, 3.05) is 13.7 Å². The number of halogens is 5. The molecule has 0 spiro atoms. The summed E-state index contributed by atoms with van der Waals surface area (Å²) in [5.74, 6) is -15.3. The van der Waals surface area contributed by atoms with Crippen molar-refractivity contribution in [1.82, 2.24) is 0 Å². The average molecular weight is 534 g/mol. The van der Waals surface area contributed by atoms with Crippen LogP contribution in [0.2, 0.25) is 0 Å². The Morgan fingerprint density at radius 2 is 1.53 bits per heavy atom. The van der Waals surface area contributed by atoms with Gasteiger partial charge in [-0.15, -0.1) is 0 Å². The molecule has 196 valence electrons. The van der Waals surface area contributed by atoms with Crippen molar-refractivity contribution in [3.63, 3.8) is 0 Å². The first-order valence-electron chi connectivity index (χ1n) is 10.6. The van der Waals surface area contributed by atoms with Crippen LogP contribution in [0.5, 0.6) is 17.2 Å². The first-order valence-corrected chi connectivity index (χ1v) is 10.6. The smallest absolute Gasteiger partial charge is 0.349 e. The van der Waals surface area contributed by atoms with Gasteiger partial charge in [-0.2, -0.15) is 8.78 Å². The van der Waals surface area contributed by atoms with Crippen molar-refractivity contribution in [3.05, 3.63) is 93.5 Å². The van der Waals surface area contributed by atoms with Gasteiger partial charge >= 0.3 is 11.9 Å². The van der Waals surface area contributed by atoms with E-state index in [2.05, 4.69) is 9.47 Å². The summed E-state index contributed by atoms with van der Waals surface area (Å²) < 4.78 is 86.9. The van der Waals surface area contributed by atoms with Crippen LogP contribution >= 0.6 is 0 Å². The van der Waals surface area contributed by atoms with Gasteiger partial charge in [-0.3, -0.25) is 4.79 Å². The molecule has 0 amide bonds. The van der Waals surface area contributed by atoms with Gasteiger partial charge in [0.2, 0.25) is 34.9 Å². The number of ether oxygens (including phenoxy) is 4. The summed E-state index contributed by atoms with van der Waals surface area (Å²) in [6.07, 6.45) is 1.44. The Bertz CT molecular complexity index is 1480. The van der Waals surface area contributed by atoms with E-state index in [0.717, 1.165) is 0 Å². The molecule has 4 rings (SSSR count). The van der Waals surface area contributed by atoms with Crippen molar-refractivity contribution in [3.8, 4) is 17.2 Å². The maximum atomic E-state index is 13.7. The molecule has 0 bridgehead atoms. The maximum Gasteiger partial charge on any atom is 0.349 e. The molecule has 0 unspecified atom stereocenters. The molecule has 0 aromatic heterocycles. The first-order chi connectivity index (χ1) is 18.0. The van der Waals surface area contributed by atoms with Gasteiger partial charge in [0.15, 0.2) is 18.1 Å². The third-order valence-corrected chi connectivity index (χ3v) is 5.31. The topological polar surface area (TPSA) is 88.1 Å². The molecule has 0 atom stereocenters. The van der Waals surface area contributed by atoms with Crippen molar-refractivity contribution in [1.29, 1.82) is 0 Å². The number of carbonyl (C=O) groups excluding carboxylic acids is 3. The van der Waals surface area contributed by atoms with Crippen LogP contribution in [-0.4, -0.2) is 31.4 Å². The van der Waals surface area contributed by atoms with Gasteiger partial charge in [0.1, 0.15) is 11.5 Å². The zero-order valence-electron chi connectivity index (χ0n) is 19.5. The normalized spacial score (nSPS) is 13.2. The Labute approximate surface area is 211 Å². The highest BCUT2D eigenvalue weighted by atomic mass is 19.2. The zero-order valence-corrected chi connectivity index (χ0v) is 19.5. The molecule has 38 heavy (non-hydrogen) atoms. The highest BCUT2D eigenvalue weighted by molar-refractivity contribution is 6.15. The second kappa shape index (κ2) is 10.3. The number of hydrogen-bond donors (Lipinski definition) is 0. The minimum Gasteiger partial charge on any atom is -0.476 e. The van der Waals surface area contributed by atoms with Crippen LogP contribution in [0.3, 0.4) is 0 Å². The number of allylic oxidation sites excluding steroid dienone is 1. The number of hydrogen-bond acceptors (Lipinski definition) is 7. The van der Waals surface area contributed by atoms with Crippen LogP contribution < -0.4 is 14.2 Å². The molecule has 1 aliphatic heterocycles. The summed E-state index contributed by atoms with van der Waals surface area (Å²) in [5, 5.41) is 0. The number of ketones is 1. The number of benzene rings is 3. The first kappa shape index (κ1) is 26.3. The molecule has 0 aliphatic carbocycles. The summed E-state index contributed by atoms with van der Waals surface area (Å²) >= 11 is 0. The van der Waals surface area contributed by atoms with E-state index in [-0.39, 0.29) is 22.8 Å². The van der Waals surface area contributed by atoms with E-state index in [1.807, 2.05) is 0 Å². The van der Waals surface area contributed by atoms with Gasteiger partial charge < -0.3 is 18.9 Å². The van der Waals surface area contributed by atoms with Crippen LogP contribution in [0.25, 0.3) is 6.08 Å². The Balaban J connectivity index is 1.48. The minimum atomic E-state index is -2.37. The Morgan fingerprint density at radius 1 is 0.921 bits per heavy atom. The Hall–Kier alpha value is -4.74. The Kier molecular flexibility index (Phi) is 7.15.